The topological polar surface area (TPSA) is 61.6 Å². The predicted octanol–water partition coefficient (Wildman–Crippen LogP) is 2.03. The summed E-state index contributed by atoms with van der Waals surface area (Å²) >= 11 is 0. The smallest absolute Gasteiger partial charge is 0.194 e. The maximum atomic E-state index is 4.80. The molecule has 2 heterocycles. The lowest BCUT2D eigenvalue weighted by molar-refractivity contribution is 0.372. The summed E-state index contributed by atoms with van der Waals surface area (Å²) in [7, 11) is 1.98. The van der Waals surface area contributed by atoms with Crippen LogP contribution in [0.5, 0.6) is 0 Å². The van der Waals surface area contributed by atoms with Crippen molar-refractivity contribution in [2.45, 2.75) is 34.2 Å². The molecule has 1 aromatic heterocycles. The molecule has 0 unspecified atom stereocenters. The second-order valence-corrected chi connectivity index (χ2v) is 7.16. The lowest BCUT2D eigenvalue weighted by Gasteiger charge is -2.38. The van der Waals surface area contributed by atoms with Gasteiger partial charge in [0.05, 0.1) is 0 Å². The second kappa shape index (κ2) is 8.41. The molecule has 7 heteroatoms. The van der Waals surface area contributed by atoms with Gasteiger partial charge in [0.2, 0.25) is 0 Å². The lowest BCUT2D eigenvalue weighted by Crippen LogP contribution is -2.52. The molecule has 1 fully saturated rings. The minimum absolute atomic E-state index is 0.539. The molecule has 3 rings (SSSR count). The van der Waals surface area contributed by atoms with Gasteiger partial charge in [-0.15, -0.1) is 10.2 Å². The van der Waals surface area contributed by atoms with Crippen LogP contribution in [-0.4, -0.2) is 58.3 Å². The fraction of sp³-hybridized carbons (Fsp3) is 0.550. The Morgan fingerprint density at radius 2 is 1.85 bits per heavy atom. The van der Waals surface area contributed by atoms with Gasteiger partial charge in [-0.25, -0.2) is 4.99 Å². The Balaban J connectivity index is 1.67. The van der Waals surface area contributed by atoms with Crippen molar-refractivity contribution in [1.29, 1.82) is 0 Å². The van der Waals surface area contributed by atoms with Crippen LogP contribution in [-0.2, 0) is 13.6 Å². The van der Waals surface area contributed by atoms with Crippen LogP contribution in [0.1, 0.15) is 29.7 Å². The van der Waals surface area contributed by atoms with Crippen LogP contribution in [0.2, 0.25) is 0 Å². The van der Waals surface area contributed by atoms with E-state index in [9.17, 15) is 0 Å². The van der Waals surface area contributed by atoms with Crippen molar-refractivity contribution in [1.82, 2.24) is 25.0 Å². The molecule has 1 N–H and O–H groups in total. The highest BCUT2D eigenvalue weighted by Gasteiger charge is 2.21. The van der Waals surface area contributed by atoms with E-state index in [0.717, 1.165) is 50.3 Å². The number of rotatable bonds is 4. The molecular weight excluding hydrogens is 338 g/mol. The van der Waals surface area contributed by atoms with Crippen LogP contribution in [0.4, 0.5) is 5.69 Å². The minimum atomic E-state index is 0.539. The van der Waals surface area contributed by atoms with Crippen LogP contribution in [0.25, 0.3) is 0 Å². The molecule has 1 saturated heterocycles. The molecule has 0 atom stereocenters. The first-order chi connectivity index (χ1) is 13.0. The highest BCUT2D eigenvalue weighted by Crippen LogP contribution is 2.22. The normalized spacial score (nSPS) is 15.4. The standard InChI is InChI=1S/C20H31N7/c1-6-21-20(22-14-19-24-23-17(4)25(19)5)27-11-9-26(10-12-27)18-13-15(2)7-8-16(18)3/h7-8,13H,6,9-12,14H2,1-5H3,(H,21,22). The van der Waals surface area contributed by atoms with Crippen molar-refractivity contribution in [2.75, 3.05) is 37.6 Å². The third-order valence-electron chi connectivity index (χ3n) is 5.17. The van der Waals surface area contributed by atoms with Gasteiger partial charge < -0.3 is 19.7 Å². The number of guanidine groups is 1. The number of nitrogens with zero attached hydrogens (tertiary/aromatic N) is 6. The van der Waals surface area contributed by atoms with E-state index in [0.29, 0.717) is 6.54 Å². The molecule has 7 nitrogen and oxygen atoms in total. The number of benzene rings is 1. The first-order valence-electron chi connectivity index (χ1n) is 9.70. The van der Waals surface area contributed by atoms with E-state index in [1.54, 1.807) is 0 Å². The maximum Gasteiger partial charge on any atom is 0.194 e. The van der Waals surface area contributed by atoms with Crippen LogP contribution in [0, 0.1) is 20.8 Å². The third kappa shape index (κ3) is 4.40. The molecule has 1 aromatic carbocycles. The van der Waals surface area contributed by atoms with E-state index in [1.807, 2.05) is 18.5 Å². The first-order valence-corrected chi connectivity index (χ1v) is 9.70. The molecule has 1 aliphatic rings. The SMILES string of the molecule is CCNC(=NCc1nnc(C)n1C)N1CCN(c2cc(C)ccc2C)CC1. The number of aromatic nitrogens is 3. The van der Waals surface area contributed by atoms with Crippen molar-refractivity contribution < 1.29 is 0 Å². The van der Waals surface area contributed by atoms with Gasteiger partial charge in [-0.3, -0.25) is 0 Å². The first kappa shape index (κ1) is 19.2. The fourth-order valence-electron chi connectivity index (χ4n) is 3.38. The van der Waals surface area contributed by atoms with E-state index >= 15 is 0 Å². The Bertz CT molecular complexity index is 801. The van der Waals surface area contributed by atoms with Crippen LogP contribution >= 0.6 is 0 Å². The van der Waals surface area contributed by atoms with Gasteiger partial charge in [0.1, 0.15) is 12.4 Å². The molecule has 27 heavy (non-hydrogen) atoms. The number of anilines is 1. The summed E-state index contributed by atoms with van der Waals surface area (Å²) in [5.74, 6) is 2.75. The Hall–Kier alpha value is -2.57. The predicted molar refractivity (Wildman–Crippen MR) is 110 cm³/mol. The summed E-state index contributed by atoms with van der Waals surface area (Å²) in [4.78, 5) is 9.62. The van der Waals surface area contributed by atoms with E-state index < -0.39 is 0 Å². The monoisotopic (exact) mass is 369 g/mol. The summed E-state index contributed by atoms with van der Waals surface area (Å²) in [6.07, 6.45) is 0. The van der Waals surface area contributed by atoms with E-state index in [2.05, 4.69) is 64.3 Å². The zero-order valence-electron chi connectivity index (χ0n) is 17.2. The van der Waals surface area contributed by atoms with Crippen LogP contribution in [0.3, 0.4) is 0 Å². The van der Waals surface area contributed by atoms with Gasteiger partial charge >= 0.3 is 0 Å². The number of hydrogen-bond acceptors (Lipinski definition) is 4. The Morgan fingerprint density at radius 1 is 1.11 bits per heavy atom. The van der Waals surface area contributed by atoms with Crippen molar-refractivity contribution in [2.24, 2.45) is 12.0 Å². The molecule has 2 aromatic rings. The van der Waals surface area contributed by atoms with Gasteiger partial charge in [-0.2, -0.15) is 0 Å². The zero-order chi connectivity index (χ0) is 19.4. The summed E-state index contributed by atoms with van der Waals surface area (Å²) in [6.45, 7) is 13.7. The van der Waals surface area contributed by atoms with Gasteiger partial charge in [0.25, 0.3) is 0 Å². The number of aliphatic imine (C=N–C) groups is 1. The molecule has 1 aliphatic heterocycles. The molecule has 0 bridgehead atoms. The van der Waals surface area contributed by atoms with E-state index in [-0.39, 0.29) is 0 Å². The van der Waals surface area contributed by atoms with E-state index in [1.165, 1.54) is 16.8 Å². The number of aryl methyl sites for hydroxylation is 3. The van der Waals surface area contributed by atoms with Crippen LogP contribution < -0.4 is 10.2 Å². The van der Waals surface area contributed by atoms with E-state index in [4.69, 9.17) is 4.99 Å². The second-order valence-electron chi connectivity index (χ2n) is 7.16. The zero-order valence-corrected chi connectivity index (χ0v) is 17.2. The molecule has 0 radical (unpaired) electrons. The van der Waals surface area contributed by atoms with Crippen molar-refractivity contribution in [3.8, 4) is 0 Å². The highest BCUT2D eigenvalue weighted by atomic mass is 15.4. The Morgan fingerprint density at radius 3 is 2.48 bits per heavy atom. The quantitative estimate of drug-likeness (QED) is 0.660. The molecular formula is C20H31N7. The van der Waals surface area contributed by atoms with Gasteiger partial charge in [-0.1, -0.05) is 12.1 Å². The summed E-state index contributed by atoms with van der Waals surface area (Å²) in [5, 5.41) is 11.8. The maximum absolute atomic E-state index is 4.80. The minimum Gasteiger partial charge on any atom is -0.368 e. The van der Waals surface area contributed by atoms with Crippen molar-refractivity contribution in [3.05, 3.63) is 41.0 Å². The molecule has 146 valence electrons. The summed E-state index contributed by atoms with van der Waals surface area (Å²) in [5.41, 5.74) is 4.00. The van der Waals surface area contributed by atoms with Crippen LogP contribution in [0.15, 0.2) is 23.2 Å². The lowest BCUT2D eigenvalue weighted by atomic mass is 10.1. The van der Waals surface area contributed by atoms with Crippen molar-refractivity contribution in [3.63, 3.8) is 0 Å². The molecule has 0 saturated carbocycles. The van der Waals surface area contributed by atoms with Crippen molar-refractivity contribution >= 4 is 11.6 Å². The van der Waals surface area contributed by atoms with Gasteiger partial charge in [-0.05, 0) is 44.9 Å². The fourth-order valence-corrected chi connectivity index (χ4v) is 3.38. The number of nitrogens with one attached hydrogen (secondary N) is 1. The third-order valence-corrected chi connectivity index (χ3v) is 5.17. The number of piperazine rings is 1. The summed E-state index contributed by atoms with van der Waals surface area (Å²) in [6, 6.07) is 6.69. The molecule has 0 spiro atoms. The summed E-state index contributed by atoms with van der Waals surface area (Å²) < 4.78 is 1.99. The largest absolute Gasteiger partial charge is 0.368 e. The molecule has 0 amide bonds. The average molecular weight is 370 g/mol. The Kier molecular flexibility index (Phi) is 5.98. The highest BCUT2D eigenvalue weighted by molar-refractivity contribution is 5.80. The number of hydrogen-bond donors (Lipinski definition) is 1. The molecule has 0 aliphatic carbocycles. The van der Waals surface area contributed by atoms with Gasteiger partial charge in [0.15, 0.2) is 11.8 Å². The average Bonchev–Trinajstić information content (AvgIpc) is 2.99. The Labute approximate surface area is 162 Å². The van der Waals surface area contributed by atoms with Gasteiger partial charge in [0, 0.05) is 45.5 Å².